The number of carbonyl (C=O) groups is 1. The lowest BCUT2D eigenvalue weighted by atomic mass is 9.86. The lowest BCUT2D eigenvalue weighted by Gasteiger charge is -2.38. The molecule has 0 radical (unpaired) electrons. The van der Waals surface area contributed by atoms with E-state index in [1.54, 1.807) is 33.8 Å². The van der Waals surface area contributed by atoms with Crippen LogP contribution in [-0.2, 0) is 9.47 Å². The third-order valence-electron chi connectivity index (χ3n) is 5.85. The lowest BCUT2D eigenvalue weighted by molar-refractivity contribution is -0.290. The van der Waals surface area contributed by atoms with Crippen LogP contribution in [0.1, 0.15) is 58.7 Å². The van der Waals surface area contributed by atoms with Crippen LogP contribution >= 0.6 is 0 Å². The van der Waals surface area contributed by atoms with Crippen LogP contribution in [-0.4, -0.2) is 69.1 Å². The Morgan fingerprint density at radius 3 is 2.50 bits per heavy atom. The predicted molar refractivity (Wildman–Crippen MR) is 97.7 cm³/mol. The molecule has 1 aromatic carbocycles. The van der Waals surface area contributed by atoms with Crippen molar-refractivity contribution in [2.24, 2.45) is 5.41 Å². The predicted octanol–water partition coefficient (Wildman–Crippen LogP) is 0.0483. The highest BCUT2D eigenvalue weighted by Gasteiger charge is 2.51. The molecule has 0 amide bonds. The Kier molecular flexibility index (Phi) is 5.68. The van der Waals surface area contributed by atoms with Gasteiger partial charge in [-0.3, -0.25) is 4.79 Å². The molecular weight excluding hydrogens is 368 g/mol. The van der Waals surface area contributed by atoms with Gasteiger partial charge in [0.25, 0.3) is 0 Å². The summed E-state index contributed by atoms with van der Waals surface area (Å²) in [4.78, 5) is 13.1. The summed E-state index contributed by atoms with van der Waals surface area (Å²) in [6, 6.07) is 1.74. The zero-order chi connectivity index (χ0) is 21.0. The zero-order valence-electron chi connectivity index (χ0n) is 16.4. The summed E-state index contributed by atoms with van der Waals surface area (Å²) in [5.74, 6) is -0.178. The molecule has 6 atom stereocenters. The van der Waals surface area contributed by atoms with Crippen LogP contribution in [0.25, 0.3) is 0 Å². The van der Waals surface area contributed by atoms with Crippen molar-refractivity contribution in [3.05, 3.63) is 33.9 Å². The van der Waals surface area contributed by atoms with Gasteiger partial charge in [-0.25, -0.2) is 0 Å². The first kappa shape index (κ1) is 21.3. The molecule has 1 aliphatic heterocycles. The van der Waals surface area contributed by atoms with Crippen LogP contribution in [0.4, 0.5) is 0 Å². The molecule has 8 nitrogen and oxygen atoms in total. The number of aliphatic hydroxyl groups excluding tert-OH is 5. The van der Waals surface area contributed by atoms with E-state index in [1.807, 2.05) is 0 Å². The molecule has 2 aliphatic rings. The minimum atomic E-state index is -1.46. The van der Waals surface area contributed by atoms with Crippen molar-refractivity contribution in [2.45, 2.75) is 64.5 Å². The van der Waals surface area contributed by atoms with E-state index in [0.717, 1.165) is 0 Å². The highest BCUT2D eigenvalue weighted by molar-refractivity contribution is 6.06. The van der Waals surface area contributed by atoms with E-state index in [0.29, 0.717) is 27.8 Å². The van der Waals surface area contributed by atoms with E-state index in [1.165, 1.54) is 0 Å². The maximum Gasteiger partial charge on any atom is 0.186 e. The maximum atomic E-state index is 13.1. The molecule has 156 valence electrons. The fourth-order valence-electron chi connectivity index (χ4n) is 4.25. The molecule has 0 aromatic heterocycles. The lowest BCUT2D eigenvalue weighted by Crippen LogP contribution is -2.54. The zero-order valence-corrected chi connectivity index (χ0v) is 16.4. The van der Waals surface area contributed by atoms with E-state index >= 15 is 0 Å². The Hall–Kier alpha value is -1.39. The van der Waals surface area contributed by atoms with Crippen molar-refractivity contribution < 1.29 is 39.8 Å². The van der Waals surface area contributed by atoms with E-state index in [4.69, 9.17) is 9.47 Å². The molecule has 28 heavy (non-hydrogen) atoms. The summed E-state index contributed by atoms with van der Waals surface area (Å²) in [6.45, 7) is 6.29. The number of benzene rings is 1. The Balaban J connectivity index is 2.02. The Morgan fingerprint density at radius 2 is 1.89 bits per heavy atom. The molecule has 1 heterocycles. The second-order valence-corrected chi connectivity index (χ2v) is 8.21. The quantitative estimate of drug-likeness (QED) is 0.481. The van der Waals surface area contributed by atoms with Gasteiger partial charge in [0, 0.05) is 5.56 Å². The number of ether oxygens (including phenoxy) is 2. The third-order valence-corrected chi connectivity index (χ3v) is 5.85. The summed E-state index contributed by atoms with van der Waals surface area (Å²) < 4.78 is 11.3. The molecule has 1 aliphatic carbocycles. The van der Waals surface area contributed by atoms with Gasteiger partial charge in [0.15, 0.2) is 12.1 Å². The Labute approximate surface area is 163 Å². The van der Waals surface area contributed by atoms with E-state index in [9.17, 15) is 30.3 Å². The van der Waals surface area contributed by atoms with Gasteiger partial charge in [0.05, 0.1) is 24.7 Å². The number of carbonyl (C=O) groups excluding carboxylic acids is 1. The molecule has 1 aromatic rings. The van der Waals surface area contributed by atoms with Crippen LogP contribution in [0.3, 0.4) is 0 Å². The van der Waals surface area contributed by atoms with Gasteiger partial charge in [0.1, 0.15) is 24.4 Å². The summed E-state index contributed by atoms with van der Waals surface area (Å²) in [7, 11) is 0. The fourth-order valence-corrected chi connectivity index (χ4v) is 4.25. The van der Waals surface area contributed by atoms with Crippen molar-refractivity contribution in [1.82, 2.24) is 0 Å². The fraction of sp³-hybridized carbons (Fsp3) is 0.650. The molecule has 1 saturated heterocycles. The second kappa shape index (κ2) is 7.46. The number of fused-ring (bicyclic) bond motifs is 1. The van der Waals surface area contributed by atoms with E-state index in [-0.39, 0.29) is 12.4 Å². The number of ketones is 1. The standard InChI is InChI=1S/C20H28O8/c1-8-5-10-14(9(2)13(8)11(22)6-21)17(26)20(3,4)18(10)28-19-16(25)15(24)12(23)7-27-19/h5,11-12,15-16,18-19,21-25H,6-7H2,1-4H3/t11?,12-,15-,16+,18-,19+/m1/s1. The molecule has 8 heteroatoms. The first-order valence-corrected chi connectivity index (χ1v) is 9.31. The van der Waals surface area contributed by atoms with Crippen molar-refractivity contribution in [3.8, 4) is 0 Å². The van der Waals surface area contributed by atoms with Crippen LogP contribution < -0.4 is 0 Å². The van der Waals surface area contributed by atoms with Gasteiger partial charge < -0.3 is 35.0 Å². The number of hydrogen-bond acceptors (Lipinski definition) is 8. The number of Topliss-reactive ketones (excluding diaryl/α,β-unsaturated/α-hetero) is 1. The Bertz CT molecular complexity index is 774. The number of aryl methyl sites for hydroxylation is 1. The smallest absolute Gasteiger partial charge is 0.186 e. The SMILES string of the molecule is Cc1cc2c(c(C)c1C(O)CO)C(=O)C(C)(C)[C@@H]2O[C@@H]1OC[C@@H](O)[C@@H](O)[C@@H]1O. The van der Waals surface area contributed by atoms with Crippen molar-refractivity contribution in [2.75, 3.05) is 13.2 Å². The largest absolute Gasteiger partial charge is 0.393 e. The highest BCUT2D eigenvalue weighted by atomic mass is 16.7. The topological polar surface area (TPSA) is 137 Å². The van der Waals surface area contributed by atoms with Crippen LogP contribution in [0.2, 0.25) is 0 Å². The van der Waals surface area contributed by atoms with Gasteiger partial charge in [-0.15, -0.1) is 0 Å². The maximum absolute atomic E-state index is 13.1. The second-order valence-electron chi connectivity index (χ2n) is 8.21. The molecule has 0 spiro atoms. The minimum absolute atomic E-state index is 0.178. The van der Waals surface area contributed by atoms with Crippen molar-refractivity contribution in [3.63, 3.8) is 0 Å². The van der Waals surface area contributed by atoms with Gasteiger partial charge in [-0.1, -0.05) is 6.07 Å². The minimum Gasteiger partial charge on any atom is -0.393 e. The highest BCUT2D eigenvalue weighted by Crippen LogP contribution is 2.50. The summed E-state index contributed by atoms with van der Waals surface area (Å²) in [6.07, 6.45) is -7.14. The molecule has 1 unspecified atom stereocenters. The van der Waals surface area contributed by atoms with Gasteiger partial charge >= 0.3 is 0 Å². The van der Waals surface area contributed by atoms with Crippen LogP contribution in [0.5, 0.6) is 0 Å². The normalized spacial score (nSPS) is 33.0. The molecule has 1 fully saturated rings. The van der Waals surface area contributed by atoms with Gasteiger partial charge in [-0.2, -0.15) is 0 Å². The monoisotopic (exact) mass is 396 g/mol. The molecular formula is C20H28O8. The molecule has 0 bridgehead atoms. The number of rotatable bonds is 4. The first-order valence-electron chi connectivity index (χ1n) is 9.31. The molecule has 3 rings (SSSR count). The molecule has 5 N–H and O–H groups in total. The van der Waals surface area contributed by atoms with Gasteiger partial charge in [0.2, 0.25) is 0 Å². The van der Waals surface area contributed by atoms with Crippen LogP contribution in [0, 0.1) is 19.3 Å². The Morgan fingerprint density at radius 1 is 1.25 bits per heavy atom. The number of hydrogen-bond donors (Lipinski definition) is 5. The third kappa shape index (κ3) is 3.19. The van der Waals surface area contributed by atoms with Gasteiger partial charge in [-0.05, 0) is 49.9 Å². The van der Waals surface area contributed by atoms with Crippen LogP contribution in [0.15, 0.2) is 6.07 Å². The summed E-state index contributed by atoms with van der Waals surface area (Å²) >= 11 is 0. The van der Waals surface area contributed by atoms with E-state index in [2.05, 4.69) is 0 Å². The van der Waals surface area contributed by atoms with Crippen molar-refractivity contribution >= 4 is 5.78 Å². The summed E-state index contributed by atoms with van der Waals surface area (Å²) in [5, 5.41) is 49.2. The molecule has 0 saturated carbocycles. The average molecular weight is 396 g/mol. The first-order chi connectivity index (χ1) is 13.0. The number of aliphatic hydroxyl groups is 5. The summed E-state index contributed by atoms with van der Waals surface area (Å²) in [5.41, 5.74) is 1.86. The average Bonchev–Trinajstić information content (AvgIpc) is 2.82. The van der Waals surface area contributed by atoms with Crippen molar-refractivity contribution in [1.29, 1.82) is 0 Å². The van der Waals surface area contributed by atoms with E-state index < -0.39 is 48.8 Å².